The molecule has 19 heteroatoms. The highest BCUT2D eigenvalue weighted by molar-refractivity contribution is 7.46. The van der Waals surface area contributed by atoms with Gasteiger partial charge >= 0.3 is 14.0 Å². The number of amides is 2. The minimum Gasteiger partial charge on any atom is -0.356 e. The van der Waals surface area contributed by atoms with E-state index in [1.165, 1.54) is 18.6 Å². The Hall–Kier alpha value is -3.21. The van der Waals surface area contributed by atoms with Gasteiger partial charge in [-0.15, -0.1) is 11.3 Å². The number of phosphoric ester groups is 1. The molecule has 0 aromatic carbocycles. The van der Waals surface area contributed by atoms with Gasteiger partial charge in [-0.3, -0.25) is 14.1 Å². The molecule has 0 saturated carbocycles. The Morgan fingerprint density at radius 1 is 1.15 bits per heavy atom. The number of aromatic nitrogens is 4. The van der Waals surface area contributed by atoms with Crippen molar-refractivity contribution < 1.29 is 41.6 Å². The highest BCUT2D eigenvalue weighted by atomic mass is 35.5. The zero-order chi connectivity index (χ0) is 29.9. The number of nitrogens with one attached hydrogen (secondary N) is 2. The van der Waals surface area contributed by atoms with Gasteiger partial charge in [0.05, 0.1) is 28.9 Å². The maximum Gasteiger partial charge on any atom is 0.469 e. The summed E-state index contributed by atoms with van der Waals surface area (Å²) in [5.41, 5.74) is -1.09. The van der Waals surface area contributed by atoms with Gasteiger partial charge in [0.2, 0.25) is 0 Å². The van der Waals surface area contributed by atoms with Crippen LogP contribution < -0.4 is 15.5 Å². The normalized spacial score (nSPS) is 15.4. The summed E-state index contributed by atoms with van der Waals surface area (Å²) in [4.78, 5) is 61.3. The molecule has 3 aromatic rings. The van der Waals surface area contributed by atoms with Crippen molar-refractivity contribution >= 4 is 54.2 Å². The van der Waals surface area contributed by atoms with E-state index in [4.69, 9.17) is 25.9 Å². The molecule has 0 radical (unpaired) electrons. The number of piperidine rings is 1. The van der Waals surface area contributed by atoms with Gasteiger partial charge in [0.15, 0.2) is 0 Å². The third-order valence-electron chi connectivity index (χ3n) is 5.81. The molecule has 1 saturated heterocycles. The summed E-state index contributed by atoms with van der Waals surface area (Å²) in [6.07, 6.45) is -1.39. The van der Waals surface area contributed by atoms with E-state index in [0.29, 0.717) is 42.8 Å². The molecule has 4 rings (SSSR count). The number of phosphoric acid groups is 1. The van der Waals surface area contributed by atoms with Crippen molar-refractivity contribution in [3.63, 3.8) is 0 Å². The largest absolute Gasteiger partial charge is 0.469 e. The van der Waals surface area contributed by atoms with Crippen LogP contribution in [0.5, 0.6) is 0 Å². The number of rotatable bonds is 8. The van der Waals surface area contributed by atoms with Gasteiger partial charge in [0.1, 0.15) is 33.5 Å². The minimum atomic E-state index is -4.73. The molecule has 4 heterocycles. The predicted molar refractivity (Wildman–Crippen MR) is 141 cm³/mol. The Bertz CT molecular complexity index is 1480. The maximum absolute atomic E-state index is 13.1. The summed E-state index contributed by atoms with van der Waals surface area (Å²) < 4.78 is 55.0. The van der Waals surface area contributed by atoms with Crippen LogP contribution in [0.1, 0.15) is 56.5 Å². The second-order valence-electron chi connectivity index (χ2n) is 8.80. The summed E-state index contributed by atoms with van der Waals surface area (Å²) in [6, 6.07) is 1.44. The molecule has 1 fully saturated rings. The van der Waals surface area contributed by atoms with Gasteiger partial charge in [-0.25, -0.2) is 24.5 Å². The number of nitrogens with zero attached hydrogens (tertiary/aromatic N) is 5. The fraction of sp³-hybridized carbons (Fsp3) is 0.364. The summed E-state index contributed by atoms with van der Waals surface area (Å²) in [5.74, 6) is -1.19. The lowest BCUT2D eigenvalue weighted by Crippen LogP contribution is -2.37. The van der Waals surface area contributed by atoms with Crippen LogP contribution in [-0.2, 0) is 15.3 Å². The molecule has 41 heavy (non-hydrogen) atoms. The first-order valence-corrected chi connectivity index (χ1v) is 14.5. The van der Waals surface area contributed by atoms with Gasteiger partial charge in [-0.1, -0.05) is 11.6 Å². The Balaban J connectivity index is 1.36. The van der Waals surface area contributed by atoms with E-state index in [1.807, 2.05) is 4.90 Å². The quantitative estimate of drug-likeness (QED) is 0.264. The molecule has 3 aromatic heterocycles. The third-order valence-corrected chi connectivity index (χ3v) is 7.86. The summed E-state index contributed by atoms with van der Waals surface area (Å²) in [7, 11) is -4.58. The van der Waals surface area contributed by atoms with Crippen LogP contribution in [0.3, 0.4) is 0 Å². The van der Waals surface area contributed by atoms with Crippen molar-refractivity contribution in [3.8, 4) is 0 Å². The van der Waals surface area contributed by atoms with E-state index < -0.39 is 48.5 Å². The molecule has 1 unspecified atom stereocenters. The smallest absolute Gasteiger partial charge is 0.356 e. The molecule has 0 bridgehead atoms. The number of pyridine rings is 1. The second kappa shape index (κ2) is 12.3. The second-order valence-corrected chi connectivity index (χ2v) is 11.5. The zero-order valence-electron chi connectivity index (χ0n) is 21.0. The lowest BCUT2D eigenvalue weighted by Gasteiger charge is -2.32. The average Bonchev–Trinajstić information content (AvgIpc) is 3.40. The van der Waals surface area contributed by atoms with Gasteiger partial charge in [-0.05, 0) is 25.8 Å². The topological polar surface area (TPSA) is 180 Å². The van der Waals surface area contributed by atoms with Crippen molar-refractivity contribution in [2.45, 2.75) is 38.1 Å². The predicted octanol–water partition coefficient (Wildman–Crippen LogP) is 3.82. The molecule has 1 aliphatic rings. The van der Waals surface area contributed by atoms with E-state index in [-0.39, 0.29) is 16.4 Å². The Kier molecular flexibility index (Phi) is 9.25. The first kappa shape index (κ1) is 30.7. The molecule has 2 amide bonds. The summed E-state index contributed by atoms with van der Waals surface area (Å²) in [6.45, 7) is 2.42. The van der Waals surface area contributed by atoms with Gasteiger partial charge in [0, 0.05) is 25.4 Å². The van der Waals surface area contributed by atoms with Gasteiger partial charge in [0.25, 0.3) is 11.8 Å². The summed E-state index contributed by atoms with van der Waals surface area (Å²) >= 11 is 6.48. The molecule has 4 N–H and O–H groups in total. The molecule has 1 atom stereocenters. The molecule has 0 spiro atoms. The van der Waals surface area contributed by atoms with Crippen LogP contribution in [-0.4, -0.2) is 60.7 Å². The van der Waals surface area contributed by atoms with Crippen LogP contribution in [0.25, 0.3) is 0 Å². The van der Waals surface area contributed by atoms with E-state index in [0.717, 1.165) is 17.5 Å². The first-order valence-electron chi connectivity index (χ1n) is 11.8. The molecular formula is C22H22ClF3N7O6PS. The third kappa shape index (κ3) is 8.18. The molecule has 220 valence electrons. The van der Waals surface area contributed by atoms with Crippen molar-refractivity contribution in [2.75, 3.05) is 23.3 Å². The number of hydrogen-bond acceptors (Lipinski definition) is 10. The van der Waals surface area contributed by atoms with Crippen LogP contribution in [0.15, 0.2) is 30.9 Å². The fourth-order valence-electron chi connectivity index (χ4n) is 3.86. The monoisotopic (exact) mass is 635 g/mol. The zero-order valence-corrected chi connectivity index (χ0v) is 23.5. The van der Waals surface area contributed by atoms with Gasteiger partial charge in [-0.2, -0.15) is 13.2 Å². The van der Waals surface area contributed by atoms with Crippen molar-refractivity contribution in [1.82, 2.24) is 25.3 Å². The van der Waals surface area contributed by atoms with Crippen molar-refractivity contribution in [1.29, 1.82) is 0 Å². The standard InChI is InChI=1S/C22H22ClF3N7O6PS/c1-11(21-28-9-16(41-21)20(35)32-17-6-13(22(24,25)26)14(23)8-27-17)31-19(34)15-7-18(30-10-29-15)33-4-2-12(3-5-33)39-40(36,37)38/h6-12H,2-5H2,1H3,(H,31,34)(H,27,32,35)(H2,36,37,38). The summed E-state index contributed by atoms with van der Waals surface area (Å²) in [5, 5.41) is 4.74. The Morgan fingerprint density at radius 3 is 2.51 bits per heavy atom. The molecule has 0 aliphatic carbocycles. The van der Waals surface area contributed by atoms with Crippen LogP contribution >= 0.6 is 30.8 Å². The molecular weight excluding hydrogens is 614 g/mol. The van der Waals surface area contributed by atoms with Crippen molar-refractivity contribution in [2.24, 2.45) is 0 Å². The van der Waals surface area contributed by atoms with Crippen LogP contribution in [0.2, 0.25) is 5.02 Å². The number of anilines is 2. The van der Waals surface area contributed by atoms with E-state index in [2.05, 4.69) is 30.6 Å². The Labute approximate surface area is 239 Å². The average molecular weight is 636 g/mol. The lowest BCUT2D eigenvalue weighted by molar-refractivity contribution is -0.137. The van der Waals surface area contributed by atoms with Crippen LogP contribution in [0.4, 0.5) is 24.8 Å². The SMILES string of the molecule is CC(NC(=O)c1cc(N2CCC(OP(=O)(O)O)CC2)ncn1)c1ncc(C(=O)Nc2cc(C(F)(F)F)c(Cl)cn2)s1. The van der Waals surface area contributed by atoms with Crippen molar-refractivity contribution in [3.05, 3.63) is 57.0 Å². The highest BCUT2D eigenvalue weighted by Gasteiger charge is 2.34. The number of carbonyl (C=O) groups excluding carboxylic acids is 2. The van der Waals surface area contributed by atoms with E-state index >= 15 is 0 Å². The lowest BCUT2D eigenvalue weighted by atomic mass is 10.1. The number of carbonyl (C=O) groups is 2. The number of thiazole rings is 1. The van der Waals surface area contributed by atoms with E-state index in [1.54, 1.807) is 6.92 Å². The number of halogens is 4. The van der Waals surface area contributed by atoms with E-state index in [9.17, 15) is 27.3 Å². The first-order chi connectivity index (χ1) is 19.2. The Morgan fingerprint density at radius 2 is 1.85 bits per heavy atom. The number of hydrogen-bond donors (Lipinski definition) is 4. The maximum atomic E-state index is 13.1. The molecule has 1 aliphatic heterocycles. The number of alkyl halides is 3. The fourth-order valence-corrected chi connectivity index (χ4v) is 5.48. The van der Waals surface area contributed by atoms with Crippen LogP contribution in [0, 0.1) is 0 Å². The minimum absolute atomic E-state index is 0.0549. The molecule has 13 nitrogen and oxygen atoms in total. The highest BCUT2D eigenvalue weighted by Crippen LogP contribution is 2.40. The van der Waals surface area contributed by atoms with Gasteiger partial charge < -0.3 is 25.3 Å².